The molecule has 7 heteroatoms. The highest BCUT2D eigenvalue weighted by atomic mass is 79.9. The number of Topliss-reactive ketones (excluding diaryl/α,β-unsaturated/α-hetero) is 1. The summed E-state index contributed by atoms with van der Waals surface area (Å²) < 4.78 is 1.80. The topological polar surface area (TPSA) is 70.5 Å². The number of aliphatic hydroxyl groups excluding tert-OH is 1. The van der Waals surface area contributed by atoms with Gasteiger partial charge in [-0.3, -0.25) is 14.5 Å². The number of aryl methyl sites for hydroxylation is 1. The van der Waals surface area contributed by atoms with E-state index in [1.165, 1.54) is 16.2 Å². The average Bonchev–Trinajstić information content (AvgIpc) is 3.32. The van der Waals surface area contributed by atoms with E-state index < -0.39 is 17.7 Å². The Morgan fingerprint density at radius 3 is 2.47 bits per heavy atom. The first kappa shape index (κ1) is 20.6. The Morgan fingerprint density at radius 2 is 1.75 bits per heavy atom. The van der Waals surface area contributed by atoms with E-state index in [1.54, 1.807) is 24.3 Å². The smallest absolute Gasteiger partial charge is 0.301 e. The van der Waals surface area contributed by atoms with E-state index in [9.17, 15) is 14.7 Å². The van der Waals surface area contributed by atoms with Crippen molar-refractivity contribution >= 4 is 60.1 Å². The number of aliphatic hydroxyl groups is 1. The van der Waals surface area contributed by atoms with E-state index >= 15 is 0 Å². The second-order valence-electron chi connectivity index (χ2n) is 7.55. The maximum absolute atomic E-state index is 13.2. The molecule has 1 aliphatic rings. The zero-order chi connectivity index (χ0) is 22.4. The van der Waals surface area contributed by atoms with Crippen molar-refractivity contribution in [2.75, 3.05) is 4.90 Å². The molecule has 1 unspecified atom stereocenters. The van der Waals surface area contributed by atoms with E-state index in [-0.39, 0.29) is 11.3 Å². The molecule has 32 heavy (non-hydrogen) atoms. The van der Waals surface area contributed by atoms with Gasteiger partial charge >= 0.3 is 5.91 Å². The van der Waals surface area contributed by atoms with Crippen molar-refractivity contribution in [2.45, 2.75) is 13.0 Å². The number of hydrogen-bond acceptors (Lipinski definition) is 5. The number of benzene rings is 3. The van der Waals surface area contributed by atoms with E-state index in [2.05, 4.69) is 20.9 Å². The minimum Gasteiger partial charge on any atom is -0.507 e. The fourth-order valence-electron chi connectivity index (χ4n) is 3.86. The van der Waals surface area contributed by atoms with Crippen LogP contribution in [-0.4, -0.2) is 21.8 Å². The zero-order valence-corrected chi connectivity index (χ0v) is 19.4. The number of aromatic nitrogens is 1. The number of nitrogens with zero attached hydrogens (tertiary/aromatic N) is 2. The van der Waals surface area contributed by atoms with Crippen LogP contribution < -0.4 is 4.90 Å². The molecule has 0 bridgehead atoms. The van der Waals surface area contributed by atoms with Crippen LogP contribution in [0.25, 0.3) is 16.0 Å². The summed E-state index contributed by atoms with van der Waals surface area (Å²) in [5.74, 6) is -1.63. The van der Waals surface area contributed by atoms with Gasteiger partial charge in [-0.25, -0.2) is 4.98 Å². The van der Waals surface area contributed by atoms with Gasteiger partial charge < -0.3 is 5.11 Å². The van der Waals surface area contributed by atoms with Crippen molar-refractivity contribution in [3.8, 4) is 0 Å². The van der Waals surface area contributed by atoms with E-state index in [1.807, 2.05) is 55.5 Å². The summed E-state index contributed by atoms with van der Waals surface area (Å²) in [6.45, 7) is 1.99. The molecule has 4 aromatic rings. The number of carbonyl (C=O) groups is 2. The first-order valence-corrected chi connectivity index (χ1v) is 11.5. The highest BCUT2D eigenvalue weighted by Gasteiger charge is 2.48. The molecule has 158 valence electrons. The van der Waals surface area contributed by atoms with E-state index in [0.717, 1.165) is 20.3 Å². The van der Waals surface area contributed by atoms with E-state index in [0.29, 0.717) is 16.3 Å². The number of halogens is 1. The molecular weight excluding hydrogens is 488 g/mol. The van der Waals surface area contributed by atoms with Gasteiger partial charge in [0.2, 0.25) is 0 Å². The van der Waals surface area contributed by atoms with Crippen LogP contribution in [-0.2, 0) is 9.59 Å². The molecule has 1 aromatic heterocycles. The molecule has 1 fully saturated rings. The Labute approximate surface area is 196 Å². The number of carbonyl (C=O) groups excluding carboxylic acids is 2. The summed E-state index contributed by atoms with van der Waals surface area (Å²) in [5, 5.41) is 11.5. The Kier molecular flexibility index (Phi) is 5.15. The lowest BCUT2D eigenvalue weighted by Gasteiger charge is -2.23. The SMILES string of the molecule is Cc1ccc2nc(N3C(=O)C(=O)/C(=C(/O)c4ccccc4)C3c3ccc(Br)cc3)sc2c1. The highest BCUT2D eigenvalue weighted by molar-refractivity contribution is 9.10. The van der Waals surface area contributed by atoms with Crippen LogP contribution in [0, 0.1) is 6.92 Å². The van der Waals surface area contributed by atoms with Crippen LogP contribution in [0.4, 0.5) is 5.13 Å². The van der Waals surface area contributed by atoms with Crippen molar-refractivity contribution in [2.24, 2.45) is 0 Å². The quantitative estimate of drug-likeness (QED) is 0.211. The number of thiazole rings is 1. The number of rotatable bonds is 3. The van der Waals surface area contributed by atoms with Crippen molar-refractivity contribution < 1.29 is 14.7 Å². The van der Waals surface area contributed by atoms with Crippen LogP contribution in [0.2, 0.25) is 0 Å². The van der Waals surface area contributed by atoms with Crippen LogP contribution in [0.1, 0.15) is 22.7 Å². The maximum atomic E-state index is 13.2. The normalized spacial score (nSPS) is 17.9. The summed E-state index contributed by atoms with van der Waals surface area (Å²) in [6, 6.07) is 21.2. The van der Waals surface area contributed by atoms with Gasteiger partial charge in [-0.05, 0) is 42.3 Å². The molecule has 3 aromatic carbocycles. The summed E-state index contributed by atoms with van der Waals surface area (Å²) in [6.07, 6.45) is 0. The van der Waals surface area contributed by atoms with Crippen molar-refractivity contribution in [1.82, 2.24) is 4.98 Å². The molecular formula is C25H17BrN2O3S. The Bertz CT molecular complexity index is 1390. The number of ketones is 1. The Morgan fingerprint density at radius 1 is 1.03 bits per heavy atom. The molecule has 1 saturated heterocycles. The highest BCUT2D eigenvalue weighted by Crippen LogP contribution is 2.44. The Hall–Kier alpha value is -3.29. The summed E-state index contributed by atoms with van der Waals surface area (Å²) >= 11 is 4.78. The summed E-state index contributed by atoms with van der Waals surface area (Å²) in [7, 11) is 0. The third-order valence-corrected chi connectivity index (χ3v) is 6.96. The lowest BCUT2D eigenvalue weighted by atomic mass is 9.95. The minimum atomic E-state index is -0.787. The molecule has 0 radical (unpaired) electrons. The fraction of sp³-hybridized carbons (Fsp3) is 0.0800. The molecule has 5 nitrogen and oxygen atoms in total. The van der Waals surface area contributed by atoms with Crippen LogP contribution >= 0.6 is 27.3 Å². The minimum absolute atomic E-state index is 0.0546. The van der Waals surface area contributed by atoms with Gasteiger partial charge in [0, 0.05) is 10.0 Å². The molecule has 2 heterocycles. The zero-order valence-electron chi connectivity index (χ0n) is 16.9. The second-order valence-corrected chi connectivity index (χ2v) is 9.48. The van der Waals surface area contributed by atoms with Crippen LogP contribution in [0.5, 0.6) is 0 Å². The maximum Gasteiger partial charge on any atom is 0.301 e. The first-order chi connectivity index (χ1) is 15.4. The lowest BCUT2D eigenvalue weighted by Crippen LogP contribution is -2.29. The van der Waals surface area contributed by atoms with Crippen molar-refractivity contribution in [3.05, 3.63) is 99.5 Å². The van der Waals surface area contributed by atoms with E-state index in [4.69, 9.17) is 0 Å². The standard InChI is InChI=1S/C25H17BrN2O3S/c1-14-7-12-18-19(13-14)32-25(27-18)28-21(15-8-10-17(26)11-9-15)20(23(30)24(28)31)22(29)16-5-3-2-4-6-16/h2-13,21,29H,1H3/b22-20+. The van der Waals surface area contributed by atoms with Gasteiger partial charge in [0.15, 0.2) is 5.13 Å². The molecule has 0 saturated carbocycles. The average molecular weight is 505 g/mol. The Balaban J connectivity index is 1.73. The van der Waals surface area contributed by atoms with Gasteiger partial charge in [-0.2, -0.15) is 0 Å². The third-order valence-electron chi connectivity index (χ3n) is 5.42. The van der Waals surface area contributed by atoms with Crippen LogP contribution in [0.15, 0.2) is 82.8 Å². The van der Waals surface area contributed by atoms with Gasteiger partial charge in [-0.1, -0.05) is 75.8 Å². The molecule has 0 aliphatic carbocycles. The largest absolute Gasteiger partial charge is 0.507 e. The first-order valence-electron chi connectivity index (χ1n) is 9.93. The molecule has 1 N–H and O–H groups in total. The fourth-order valence-corrected chi connectivity index (χ4v) is 5.22. The summed E-state index contributed by atoms with van der Waals surface area (Å²) in [5.41, 5.74) is 3.09. The summed E-state index contributed by atoms with van der Waals surface area (Å²) in [4.78, 5) is 32.5. The number of fused-ring (bicyclic) bond motifs is 1. The van der Waals surface area contributed by atoms with Crippen molar-refractivity contribution in [3.63, 3.8) is 0 Å². The molecule has 5 rings (SSSR count). The monoisotopic (exact) mass is 504 g/mol. The molecule has 1 aliphatic heterocycles. The molecule has 1 amide bonds. The van der Waals surface area contributed by atoms with Gasteiger partial charge in [0.05, 0.1) is 21.8 Å². The van der Waals surface area contributed by atoms with Crippen molar-refractivity contribution in [1.29, 1.82) is 0 Å². The number of amides is 1. The molecule has 0 spiro atoms. The molecule has 1 atom stereocenters. The van der Waals surface area contributed by atoms with Gasteiger partial charge in [-0.15, -0.1) is 0 Å². The van der Waals surface area contributed by atoms with Crippen LogP contribution in [0.3, 0.4) is 0 Å². The second kappa shape index (κ2) is 8.00. The third kappa shape index (κ3) is 3.43. The lowest BCUT2D eigenvalue weighted by molar-refractivity contribution is -0.132. The van der Waals surface area contributed by atoms with Gasteiger partial charge in [0.25, 0.3) is 5.78 Å². The number of hydrogen-bond donors (Lipinski definition) is 1. The number of anilines is 1. The predicted molar refractivity (Wildman–Crippen MR) is 130 cm³/mol. The predicted octanol–water partition coefficient (Wildman–Crippen LogP) is 5.99. The van der Waals surface area contributed by atoms with Gasteiger partial charge in [0.1, 0.15) is 5.76 Å².